The molecule has 0 radical (unpaired) electrons. The van der Waals surface area contributed by atoms with Crippen molar-refractivity contribution in [2.75, 3.05) is 47.6 Å². The second-order valence-electron chi connectivity index (χ2n) is 5.89. The molecule has 1 heterocycles. The van der Waals surface area contributed by atoms with E-state index >= 15 is 0 Å². The van der Waals surface area contributed by atoms with Gasteiger partial charge in [-0.2, -0.15) is 0 Å². The van der Waals surface area contributed by atoms with Gasteiger partial charge in [0, 0.05) is 26.3 Å². The largest absolute Gasteiger partial charge is 0.494 e. The summed E-state index contributed by atoms with van der Waals surface area (Å²) in [6.45, 7) is 0.971. The minimum absolute atomic E-state index is 0.0676. The zero-order valence-electron chi connectivity index (χ0n) is 14.6. The Hall–Kier alpha value is -2.19. The van der Waals surface area contributed by atoms with Crippen LogP contribution >= 0.6 is 0 Å². The van der Waals surface area contributed by atoms with Gasteiger partial charge < -0.3 is 24.4 Å². The van der Waals surface area contributed by atoms with Crippen molar-refractivity contribution < 1.29 is 28.2 Å². The number of benzene rings is 1. The third-order valence-electron chi connectivity index (χ3n) is 4.10. The molecule has 1 fully saturated rings. The Labute approximate surface area is 146 Å². The molecule has 1 atom stereocenters. The molecular weight excluding hydrogens is 331 g/mol. The van der Waals surface area contributed by atoms with Gasteiger partial charge in [0.05, 0.1) is 33.3 Å². The summed E-state index contributed by atoms with van der Waals surface area (Å²) in [6.07, 6.45) is 0.0676. The molecule has 2 amide bonds. The fraction of sp³-hybridized carbons (Fsp3) is 0.529. The monoisotopic (exact) mass is 354 g/mol. The molecule has 1 aromatic rings. The number of amides is 2. The molecule has 0 spiro atoms. The van der Waals surface area contributed by atoms with E-state index in [0.717, 1.165) is 6.07 Å². The van der Waals surface area contributed by atoms with E-state index in [9.17, 15) is 14.0 Å². The van der Waals surface area contributed by atoms with Crippen molar-refractivity contribution in [3.05, 3.63) is 29.6 Å². The van der Waals surface area contributed by atoms with E-state index in [1.165, 1.54) is 33.4 Å². The topological polar surface area (TPSA) is 77.1 Å². The highest BCUT2D eigenvalue weighted by atomic mass is 19.1. The zero-order chi connectivity index (χ0) is 18.4. The Kier molecular flexibility index (Phi) is 6.33. The minimum Gasteiger partial charge on any atom is -0.494 e. The van der Waals surface area contributed by atoms with Crippen molar-refractivity contribution in [3.8, 4) is 5.75 Å². The first kappa shape index (κ1) is 19.1. The number of hydrogen-bond donors (Lipinski definition) is 1. The van der Waals surface area contributed by atoms with Crippen molar-refractivity contribution in [3.63, 3.8) is 0 Å². The van der Waals surface area contributed by atoms with E-state index in [2.05, 4.69) is 5.32 Å². The van der Waals surface area contributed by atoms with Crippen molar-refractivity contribution in [1.82, 2.24) is 10.2 Å². The van der Waals surface area contributed by atoms with E-state index in [4.69, 9.17) is 14.2 Å². The van der Waals surface area contributed by atoms with E-state index < -0.39 is 11.4 Å². The Morgan fingerprint density at radius 1 is 1.40 bits per heavy atom. The van der Waals surface area contributed by atoms with Crippen LogP contribution in [0.3, 0.4) is 0 Å². The van der Waals surface area contributed by atoms with Crippen molar-refractivity contribution in [2.45, 2.75) is 12.0 Å². The molecule has 138 valence electrons. The summed E-state index contributed by atoms with van der Waals surface area (Å²) in [5, 5.41) is 2.55. The molecular formula is C17H23FN2O5. The predicted octanol–water partition coefficient (Wildman–Crippen LogP) is 0.828. The molecule has 0 aliphatic carbocycles. The molecule has 1 aliphatic rings. The van der Waals surface area contributed by atoms with E-state index in [1.54, 1.807) is 4.90 Å². The SMILES string of the molecule is CNC(=O)C[C@@]1(COC)CN(C(=O)c2ccc(OC)c(F)c2)CCO1. The first-order chi connectivity index (χ1) is 11.9. The van der Waals surface area contributed by atoms with Crippen LogP contribution in [-0.4, -0.2) is 69.9 Å². The van der Waals surface area contributed by atoms with Crippen LogP contribution in [0.2, 0.25) is 0 Å². The minimum atomic E-state index is -0.923. The average molecular weight is 354 g/mol. The quantitative estimate of drug-likeness (QED) is 0.819. The van der Waals surface area contributed by atoms with Gasteiger partial charge in [0.2, 0.25) is 5.91 Å². The average Bonchev–Trinajstić information content (AvgIpc) is 2.61. The Balaban J connectivity index is 2.19. The smallest absolute Gasteiger partial charge is 0.254 e. The van der Waals surface area contributed by atoms with E-state index in [1.807, 2.05) is 0 Å². The number of rotatable bonds is 6. The maximum Gasteiger partial charge on any atom is 0.254 e. The summed E-state index contributed by atoms with van der Waals surface area (Å²) >= 11 is 0. The van der Waals surface area contributed by atoms with Crippen molar-refractivity contribution in [2.24, 2.45) is 0 Å². The molecule has 2 rings (SSSR count). The summed E-state index contributed by atoms with van der Waals surface area (Å²) in [6, 6.07) is 4.07. The predicted molar refractivity (Wildman–Crippen MR) is 88.1 cm³/mol. The molecule has 0 saturated carbocycles. The first-order valence-corrected chi connectivity index (χ1v) is 7.91. The second kappa shape index (κ2) is 8.26. The van der Waals surface area contributed by atoms with Crippen LogP contribution in [0, 0.1) is 5.82 Å². The van der Waals surface area contributed by atoms with Gasteiger partial charge in [-0.15, -0.1) is 0 Å². The van der Waals surface area contributed by atoms with Gasteiger partial charge in [-0.1, -0.05) is 0 Å². The van der Waals surface area contributed by atoms with Crippen LogP contribution in [0.25, 0.3) is 0 Å². The highest BCUT2D eigenvalue weighted by Crippen LogP contribution is 2.25. The van der Waals surface area contributed by atoms with Crippen LogP contribution in [0.5, 0.6) is 5.75 Å². The molecule has 25 heavy (non-hydrogen) atoms. The maximum absolute atomic E-state index is 13.9. The maximum atomic E-state index is 13.9. The number of halogens is 1. The van der Waals surface area contributed by atoms with Crippen LogP contribution in [-0.2, 0) is 14.3 Å². The fourth-order valence-corrected chi connectivity index (χ4v) is 2.89. The highest BCUT2D eigenvalue weighted by molar-refractivity contribution is 5.94. The van der Waals surface area contributed by atoms with Gasteiger partial charge in [-0.25, -0.2) is 4.39 Å². The molecule has 1 N–H and O–H groups in total. The molecule has 8 heteroatoms. The number of morpholine rings is 1. The van der Waals surface area contributed by atoms with Gasteiger partial charge in [-0.05, 0) is 18.2 Å². The highest BCUT2D eigenvalue weighted by Gasteiger charge is 2.40. The third kappa shape index (κ3) is 4.46. The lowest BCUT2D eigenvalue weighted by atomic mass is 9.97. The summed E-state index contributed by atoms with van der Waals surface area (Å²) < 4.78 is 29.7. The molecule has 1 saturated heterocycles. The lowest BCUT2D eigenvalue weighted by molar-refractivity contribution is -0.150. The molecule has 1 aromatic carbocycles. The zero-order valence-corrected chi connectivity index (χ0v) is 14.6. The van der Waals surface area contributed by atoms with Gasteiger partial charge in [-0.3, -0.25) is 9.59 Å². The van der Waals surface area contributed by atoms with E-state index in [-0.39, 0.29) is 49.3 Å². The summed E-state index contributed by atoms with van der Waals surface area (Å²) in [4.78, 5) is 26.1. The number of nitrogens with zero attached hydrogens (tertiary/aromatic N) is 1. The van der Waals surface area contributed by atoms with E-state index in [0.29, 0.717) is 6.54 Å². The number of carbonyl (C=O) groups is 2. The first-order valence-electron chi connectivity index (χ1n) is 7.91. The second-order valence-corrected chi connectivity index (χ2v) is 5.89. The standard InChI is InChI=1S/C17H23FN2O5/c1-19-15(21)9-17(11-23-2)10-20(6-7-25-17)16(22)12-4-5-14(24-3)13(18)8-12/h4-5,8H,6-7,9-11H2,1-3H3,(H,19,21)/t17-/m0/s1. The van der Waals surface area contributed by atoms with Crippen LogP contribution in [0.1, 0.15) is 16.8 Å². The number of carbonyl (C=O) groups excluding carboxylic acids is 2. The Morgan fingerprint density at radius 3 is 2.76 bits per heavy atom. The Bertz CT molecular complexity index is 635. The molecule has 0 aromatic heterocycles. The number of methoxy groups -OCH3 is 2. The van der Waals surface area contributed by atoms with Gasteiger partial charge in [0.1, 0.15) is 5.60 Å². The number of hydrogen-bond acceptors (Lipinski definition) is 5. The molecule has 0 unspecified atom stereocenters. The Morgan fingerprint density at radius 2 is 2.16 bits per heavy atom. The van der Waals surface area contributed by atoms with Crippen LogP contribution < -0.4 is 10.1 Å². The lowest BCUT2D eigenvalue weighted by Crippen LogP contribution is -2.57. The number of nitrogens with one attached hydrogen (secondary N) is 1. The van der Waals surface area contributed by atoms with Crippen molar-refractivity contribution in [1.29, 1.82) is 0 Å². The normalized spacial score (nSPS) is 20.2. The summed E-state index contributed by atoms with van der Waals surface area (Å²) in [5.74, 6) is -1.06. The molecule has 1 aliphatic heterocycles. The summed E-state index contributed by atoms with van der Waals surface area (Å²) in [7, 11) is 4.41. The van der Waals surface area contributed by atoms with Gasteiger partial charge >= 0.3 is 0 Å². The van der Waals surface area contributed by atoms with Crippen molar-refractivity contribution >= 4 is 11.8 Å². The summed E-state index contributed by atoms with van der Waals surface area (Å²) in [5.41, 5.74) is -0.709. The lowest BCUT2D eigenvalue weighted by Gasteiger charge is -2.42. The molecule has 7 nitrogen and oxygen atoms in total. The van der Waals surface area contributed by atoms with Crippen LogP contribution in [0.15, 0.2) is 18.2 Å². The molecule has 0 bridgehead atoms. The number of ether oxygens (including phenoxy) is 3. The third-order valence-corrected chi connectivity index (χ3v) is 4.10. The van der Waals surface area contributed by atoms with Crippen LogP contribution in [0.4, 0.5) is 4.39 Å². The van der Waals surface area contributed by atoms with Gasteiger partial charge in [0.15, 0.2) is 11.6 Å². The van der Waals surface area contributed by atoms with Gasteiger partial charge in [0.25, 0.3) is 5.91 Å². The fourth-order valence-electron chi connectivity index (χ4n) is 2.89.